The number of hydrogen-bond donors (Lipinski definition) is 0. The summed E-state index contributed by atoms with van der Waals surface area (Å²) in [7, 11) is 0. The lowest BCUT2D eigenvalue weighted by molar-refractivity contribution is 0.749. The maximum absolute atomic E-state index is 4.70. The predicted molar refractivity (Wildman–Crippen MR) is 171 cm³/mol. The Morgan fingerprint density at radius 3 is 2.27 bits per heavy atom. The van der Waals surface area contributed by atoms with Crippen molar-refractivity contribution in [2.24, 2.45) is 0 Å². The highest BCUT2D eigenvalue weighted by atomic mass is 14.3. The summed E-state index contributed by atoms with van der Waals surface area (Å²) < 4.78 is 0. The molecule has 0 radical (unpaired) electrons. The zero-order valence-corrected chi connectivity index (χ0v) is 22.9. The smallest absolute Gasteiger partial charge is 0.00697 e. The van der Waals surface area contributed by atoms with E-state index >= 15 is 0 Å². The third-order valence-electron chi connectivity index (χ3n) is 8.53. The molecule has 7 rings (SSSR count). The molecule has 0 bridgehead atoms. The van der Waals surface area contributed by atoms with Crippen LogP contribution in [0.2, 0.25) is 0 Å². The van der Waals surface area contributed by atoms with Crippen LogP contribution in [0.1, 0.15) is 52.6 Å². The maximum atomic E-state index is 4.70. The molecule has 0 aliphatic heterocycles. The Labute approximate surface area is 237 Å². The topological polar surface area (TPSA) is 0 Å². The summed E-state index contributed by atoms with van der Waals surface area (Å²) in [5, 5.41) is 2.52. The lowest BCUT2D eigenvalue weighted by Crippen LogP contribution is -2.09. The van der Waals surface area contributed by atoms with Crippen molar-refractivity contribution in [2.75, 3.05) is 0 Å². The number of fused-ring (bicyclic) bond motifs is 4. The molecule has 2 aliphatic rings. The molecule has 0 fully saturated rings. The van der Waals surface area contributed by atoms with E-state index in [0.717, 1.165) is 18.4 Å². The Morgan fingerprint density at radius 2 is 1.43 bits per heavy atom. The summed E-state index contributed by atoms with van der Waals surface area (Å²) in [5.41, 5.74) is 14.1. The van der Waals surface area contributed by atoms with Crippen LogP contribution >= 0.6 is 0 Å². The summed E-state index contributed by atoms with van der Waals surface area (Å²) in [6.45, 7) is 7.04. The van der Waals surface area contributed by atoms with Crippen LogP contribution in [0, 0.1) is 0 Å². The van der Waals surface area contributed by atoms with E-state index in [-0.39, 0.29) is 0 Å². The zero-order valence-electron chi connectivity index (χ0n) is 22.9. The van der Waals surface area contributed by atoms with Gasteiger partial charge in [0, 0.05) is 0 Å². The van der Waals surface area contributed by atoms with Crippen molar-refractivity contribution in [3.63, 3.8) is 0 Å². The Hall–Kier alpha value is -4.68. The zero-order chi connectivity index (χ0) is 27.1. The molecule has 0 aromatic heterocycles. The van der Waals surface area contributed by atoms with Gasteiger partial charge in [-0.05, 0) is 103 Å². The van der Waals surface area contributed by atoms with Crippen LogP contribution in [-0.2, 0) is 6.42 Å². The van der Waals surface area contributed by atoms with E-state index < -0.39 is 0 Å². The van der Waals surface area contributed by atoms with Gasteiger partial charge in [-0.15, -0.1) is 0 Å². The van der Waals surface area contributed by atoms with Crippen molar-refractivity contribution in [1.29, 1.82) is 0 Å². The molecule has 2 aliphatic carbocycles. The molecule has 0 saturated carbocycles. The van der Waals surface area contributed by atoms with Crippen molar-refractivity contribution in [1.82, 2.24) is 0 Å². The molecule has 5 aromatic carbocycles. The van der Waals surface area contributed by atoms with Crippen LogP contribution in [0.25, 0.3) is 33.0 Å². The minimum Gasteiger partial charge on any atom is -0.0905 e. The number of allylic oxidation sites excluding steroid dienone is 5. The molecule has 0 N–H and O–H groups in total. The van der Waals surface area contributed by atoms with E-state index in [9.17, 15) is 0 Å². The fourth-order valence-electron chi connectivity index (χ4n) is 6.49. The van der Waals surface area contributed by atoms with Gasteiger partial charge in [-0.1, -0.05) is 135 Å². The van der Waals surface area contributed by atoms with Crippen molar-refractivity contribution < 1.29 is 0 Å². The number of rotatable bonds is 4. The first-order valence-electron chi connectivity index (χ1n) is 14.2. The maximum Gasteiger partial charge on any atom is -0.00697 e. The van der Waals surface area contributed by atoms with Crippen LogP contribution in [0.5, 0.6) is 0 Å². The van der Waals surface area contributed by atoms with Gasteiger partial charge >= 0.3 is 0 Å². The third kappa shape index (κ3) is 4.27. The van der Waals surface area contributed by atoms with E-state index in [4.69, 9.17) is 6.58 Å². The van der Waals surface area contributed by atoms with Gasteiger partial charge in [0.25, 0.3) is 0 Å². The van der Waals surface area contributed by atoms with E-state index in [0.29, 0.717) is 5.92 Å². The summed E-state index contributed by atoms with van der Waals surface area (Å²) in [4.78, 5) is 0. The summed E-state index contributed by atoms with van der Waals surface area (Å²) >= 11 is 0. The highest BCUT2D eigenvalue weighted by Crippen LogP contribution is 2.42. The van der Waals surface area contributed by atoms with Crippen molar-refractivity contribution >= 4 is 21.9 Å². The normalized spacial score (nSPS) is 16.9. The fourth-order valence-corrected chi connectivity index (χ4v) is 6.49. The first-order valence-corrected chi connectivity index (χ1v) is 14.2. The fraction of sp³-hybridized carbons (Fsp3) is 0.100. The van der Waals surface area contributed by atoms with Gasteiger partial charge in [0.1, 0.15) is 0 Å². The molecule has 0 saturated heterocycles. The monoisotopic (exact) mass is 512 g/mol. The molecule has 0 nitrogen and oxygen atoms in total. The second kappa shape index (κ2) is 10.1. The van der Waals surface area contributed by atoms with E-state index in [1.807, 2.05) is 0 Å². The average Bonchev–Trinajstić information content (AvgIpc) is 3.01. The minimum atomic E-state index is 0.509. The molecular formula is C40H32. The van der Waals surface area contributed by atoms with Crippen LogP contribution in [-0.4, -0.2) is 0 Å². The van der Waals surface area contributed by atoms with Crippen LogP contribution in [0.4, 0.5) is 0 Å². The molecule has 5 aromatic rings. The van der Waals surface area contributed by atoms with Crippen LogP contribution in [0.15, 0.2) is 146 Å². The molecule has 0 heteroatoms. The Morgan fingerprint density at radius 1 is 0.675 bits per heavy atom. The van der Waals surface area contributed by atoms with Gasteiger partial charge in [-0.2, -0.15) is 0 Å². The summed E-state index contributed by atoms with van der Waals surface area (Å²) in [6.07, 6.45) is 10.8. The largest absolute Gasteiger partial charge is 0.0905 e. The first-order chi connectivity index (χ1) is 19.7. The van der Waals surface area contributed by atoms with Crippen molar-refractivity contribution in [2.45, 2.75) is 25.7 Å². The second-order valence-corrected chi connectivity index (χ2v) is 11.0. The quantitative estimate of drug-likeness (QED) is 0.225. The SMILES string of the molecule is C=C(c1ccc2c(c1)-c1ccccc1CC2C)c1ccccc1/C(=C1/C=CC=CC1)c1ccc2ccccc2c1. The molecule has 0 heterocycles. The van der Waals surface area contributed by atoms with Crippen molar-refractivity contribution in [3.8, 4) is 11.1 Å². The summed E-state index contributed by atoms with van der Waals surface area (Å²) in [5.74, 6) is 0.509. The van der Waals surface area contributed by atoms with Crippen molar-refractivity contribution in [3.05, 3.63) is 179 Å². The minimum absolute atomic E-state index is 0.509. The number of benzene rings is 5. The Kier molecular flexibility index (Phi) is 6.17. The highest BCUT2D eigenvalue weighted by Gasteiger charge is 2.23. The van der Waals surface area contributed by atoms with Gasteiger partial charge in [0.05, 0.1) is 0 Å². The van der Waals surface area contributed by atoms with Gasteiger partial charge in [-0.25, -0.2) is 0 Å². The lowest BCUT2D eigenvalue weighted by Gasteiger charge is -2.26. The molecule has 0 amide bonds. The van der Waals surface area contributed by atoms with E-state index in [1.165, 1.54) is 66.4 Å². The second-order valence-electron chi connectivity index (χ2n) is 11.0. The lowest BCUT2D eigenvalue weighted by atomic mass is 9.78. The molecule has 1 atom stereocenters. The van der Waals surface area contributed by atoms with E-state index in [1.54, 1.807) is 0 Å². The molecule has 0 spiro atoms. The molecular weight excluding hydrogens is 480 g/mol. The highest BCUT2D eigenvalue weighted by molar-refractivity contribution is 5.96. The Bertz CT molecular complexity index is 1870. The van der Waals surface area contributed by atoms with E-state index in [2.05, 4.69) is 140 Å². The third-order valence-corrected chi connectivity index (χ3v) is 8.53. The molecule has 1 unspecified atom stereocenters. The number of hydrogen-bond acceptors (Lipinski definition) is 0. The Balaban J connectivity index is 1.38. The standard InChI is InChI=1S/C40H32/c1-27-24-33-16-8-9-18-37(33)39-26-31(22-23-35(27)39)28(2)36-17-10-11-19-38(36)40(30-13-4-3-5-14-30)34-21-20-29-12-6-7-15-32(29)25-34/h3-13,15-23,25-27H,2,14,24H2,1H3/b40-30-. The average molecular weight is 513 g/mol. The van der Waals surface area contributed by atoms with Gasteiger partial charge in [0.2, 0.25) is 0 Å². The van der Waals surface area contributed by atoms with Gasteiger partial charge in [-0.3, -0.25) is 0 Å². The van der Waals surface area contributed by atoms with Crippen LogP contribution < -0.4 is 0 Å². The molecule has 192 valence electrons. The first kappa shape index (κ1) is 24.4. The van der Waals surface area contributed by atoms with Gasteiger partial charge < -0.3 is 0 Å². The summed E-state index contributed by atoms with van der Waals surface area (Å²) in [6, 6.07) is 40.1. The molecule has 40 heavy (non-hydrogen) atoms. The van der Waals surface area contributed by atoms with Crippen LogP contribution in [0.3, 0.4) is 0 Å². The van der Waals surface area contributed by atoms with Gasteiger partial charge in [0.15, 0.2) is 0 Å². The predicted octanol–water partition coefficient (Wildman–Crippen LogP) is 10.5.